The molecule has 1 aliphatic carbocycles. The number of benzene rings is 1. The molecule has 0 atom stereocenters. The molecule has 0 heteroatoms. The number of hydrogen-bond acceptors (Lipinski definition) is 0. The van der Waals surface area contributed by atoms with Crippen LogP contribution in [0.2, 0.25) is 0 Å². The molecule has 0 fully saturated rings. The first-order valence-corrected chi connectivity index (χ1v) is 5.01. The topological polar surface area (TPSA) is 0 Å². The first kappa shape index (κ1) is 8.55. The molecular weight excluding hydrogens is 156 g/mol. The van der Waals surface area contributed by atoms with Gasteiger partial charge in [0, 0.05) is 6.42 Å². The summed E-state index contributed by atoms with van der Waals surface area (Å²) in [6.07, 6.45) is 8.17. The standard InChI is InChI=1S/C13H15/c1-2-5-11-8-9-12-6-3-4-7-13(12)10-11/h3-4,6-9H,2,5,10H2,1H3. The third-order valence-electron chi connectivity index (χ3n) is 2.54. The lowest BCUT2D eigenvalue weighted by Gasteiger charge is -2.15. The number of rotatable bonds is 2. The normalized spacial score (nSPS) is 15.0. The lowest BCUT2D eigenvalue weighted by atomic mass is 9.90. The van der Waals surface area contributed by atoms with E-state index in [0.717, 1.165) is 6.42 Å². The fraction of sp³-hybridized carbons (Fsp3) is 0.308. The van der Waals surface area contributed by atoms with Crippen molar-refractivity contribution in [3.8, 4) is 0 Å². The SMILES string of the molecule is CCCC1=C[CH]c2ccccc2C1. The van der Waals surface area contributed by atoms with Gasteiger partial charge in [0.2, 0.25) is 0 Å². The average molecular weight is 171 g/mol. The van der Waals surface area contributed by atoms with Crippen molar-refractivity contribution in [3.05, 3.63) is 53.5 Å². The first-order valence-electron chi connectivity index (χ1n) is 5.01. The molecule has 0 aromatic heterocycles. The van der Waals surface area contributed by atoms with Crippen molar-refractivity contribution in [2.45, 2.75) is 26.2 Å². The Balaban J connectivity index is 2.18. The second kappa shape index (κ2) is 3.78. The second-order valence-corrected chi connectivity index (χ2v) is 3.62. The van der Waals surface area contributed by atoms with Crippen molar-refractivity contribution in [1.82, 2.24) is 0 Å². The molecule has 0 amide bonds. The minimum Gasteiger partial charge on any atom is -0.0765 e. The van der Waals surface area contributed by atoms with Gasteiger partial charge in [0.1, 0.15) is 0 Å². The van der Waals surface area contributed by atoms with E-state index in [-0.39, 0.29) is 0 Å². The minimum atomic E-state index is 1.15. The summed E-state index contributed by atoms with van der Waals surface area (Å²) in [6, 6.07) is 8.65. The third kappa shape index (κ3) is 1.82. The lowest BCUT2D eigenvalue weighted by Crippen LogP contribution is -2.01. The van der Waals surface area contributed by atoms with Crippen LogP contribution in [0.4, 0.5) is 0 Å². The molecule has 0 unspecified atom stereocenters. The van der Waals surface area contributed by atoms with Crippen LogP contribution in [0.15, 0.2) is 35.9 Å². The zero-order valence-electron chi connectivity index (χ0n) is 8.09. The molecule has 1 aromatic carbocycles. The largest absolute Gasteiger partial charge is 0.0765 e. The highest BCUT2D eigenvalue weighted by Crippen LogP contribution is 2.24. The van der Waals surface area contributed by atoms with Crippen molar-refractivity contribution < 1.29 is 0 Å². The zero-order chi connectivity index (χ0) is 9.10. The van der Waals surface area contributed by atoms with E-state index in [4.69, 9.17) is 0 Å². The highest BCUT2D eigenvalue weighted by Gasteiger charge is 2.08. The maximum absolute atomic E-state index is 2.28. The molecule has 0 saturated carbocycles. The van der Waals surface area contributed by atoms with Crippen molar-refractivity contribution in [3.63, 3.8) is 0 Å². The summed E-state index contributed by atoms with van der Waals surface area (Å²) in [4.78, 5) is 0. The van der Waals surface area contributed by atoms with E-state index in [1.54, 1.807) is 5.57 Å². The van der Waals surface area contributed by atoms with Gasteiger partial charge in [0.25, 0.3) is 0 Å². The summed E-state index contributed by atoms with van der Waals surface area (Å²) in [5, 5.41) is 0. The molecule has 2 rings (SSSR count). The summed E-state index contributed by atoms with van der Waals surface area (Å²) in [5.41, 5.74) is 4.44. The van der Waals surface area contributed by atoms with E-state index in [9.17, 15) is 0 Å². The number of hydrogen-bond donors (Lipinski definition) is 0. The van der Waals surface area contributed by atoms with Crippen LogP contribution in [0.25, 0.3) is 0 Å². The van der Waals surface area contributed by atoms with Crippen LogP contribution in [-0.2, 0) is 6.42 Å². The van der Waals surface area contributed by atoms with Gasteiger partial charge in [0.15, 0.2) is 0 Å². The molecule has 1 aliphatic rings. The molecular formula is C13H15. The second-order valence-electron chi connectivity index (χ2n) is 3.62. The monoisotopic (exact) mass is 171 g/mol. The molecule has 13 heavy (non-hydrogen) atoms. The Morgan fingerprint density at radius 2 is 2.08 bits per heavy atom. The maximum Gasteiger partial charge on any atom is 0.0127 e. The zero-order valence-corrected chi connectivity index (χ0v) is 8.09. The van der Waals surface area contributed by atoms with Crippen LogP contribution in [0.5, 0.6) is 0 Å². The van der Waals surface area contributed by atoms with E-state index in [2.05, 4.69) is 43.7 Å². The van der Waals surface area contributed by atoms with Gasteiger partial charge >= 0.3 is 0 Å². The molecule has 67 valence electrons. The van der Waals surface area contributed by atoms with E-state index in [0.29, 0.717) is 0 Å². The van der Waals surface area contributed by atoms with Crippen LogP contribution >= 0.6 is 0 Å². The molecule has 0 spiro atoms. The van der Waals surface area contributed by atoms with Crippen molar-refractivity contribution in [1.29, 1.82) is 0 Å². The smallest absolute Gasteiger partial charge is 0.0127 e. The summed E-state index contributed by atoms with van der Waals surface area (Å²) in [5.74, 6) is 0. The molecule has 0 saturated heterocycles. The molecule has 0 N–H and O–H groups in total. The summed E-state index contributed by atoms with van der Waals surface area (Å²) in [7, 11) is 0. The number of allylic oxidation sites excluding steroid dienone is 2. The van der Waals surface area contributed by atoms with E-state index in [1.165, 1.54) is 24.0 Å². The van der Waals surface area contributed by atoms with Gasteiger partial charge in [-0.25, -0.2) is 0 Å². The molecule has 0 bridgehead atoms. The lowest BCUT2D eigenvalue weighted by molar-refractivity contribution is 0.860. The fourth-order valence-corrected chi connectivity index (χ4v) is 1.86. The Labute approximate surface area is 80.3 Å². The van der Waals surface area contributed by atoms with Gasteiger partial charge in [-0.3, -0.25) is 0 Å². The van der Waals surface area contributed by atoms with Gasteiger partial charge < -0.3 is 0 Å². The molecule has 0 nitrogen and oxygen atoms in total. The molecule has 0 aliphatic heterocycles. The van der Waals surface area contributed by atoms with Crippen LogP contribution < -0.4 is 0 Å². The van der Waals surface area contributed by atoms with Gasteiger partial charge in [-0.15, -0.1) is 0 Å². The summed E-state index contributed by atoms with van der Waals surface area (Å²) in [6.45, 7) is 2.24. The molecule has 0 heterocycles. The first-order chi connectivity index (χ1) is 6.40. The number of fused-ring (bicyclic) bond motifs is 1. The van der Waals surface area contributed by atoms with Gasteiger partial charge in [0.05, 0.1) is 0 Å². The predicted octanol–water partition coefficient (Wildman–Crippen LogP) is 3.52. The van der Waals surface area contributed by atoms with Gasteiger partial charge in [-0.05, 0) is 24.0 Å². The summed E-state index contributed by atoms with van der Waals surface area (Å²) >= 11 is 0. The minimum absolute atomic E-state index is 1.15. The van der Waals surface area contributed by atoms with E-state index in [1.807, 2.05) is 0 Å². The Bertz CT molecular complexity index is 321. The Kier molecular flexibility index (Phi) is 2.49. The fourth-order valence-electron chi connectivity index (χ4n) is 1.86. The average Bonchev–Trinajstić information content (AvgIpc) is 2.18. The highest BCUT2D eigenvalue weighted by atomic mass is 14.1. The Morgan fingerprint density at radius 1 is 1.23 bits per heavy atom. The van der Waals surface area contributed by atoms with E-state index >= 15 is 0 Å². The van der Waals surface area contributed by atoms with Crippen LogP contribution in [0.3, 0.4) is 0 Å². The Hall–Kier alpha value is -1.04. The maximum atomic E-state index is 2.28. The van der Waals surface area contributed by atoms with Crippen molar-refractivity contribution in [2.75, 3.05) is 0 Å². The molecule has 1 aromatic rings. The predicted molar refractivity (Wildman–Crippen MR) is 56.5 cm³/mol. The van der Waals surface area contributed by atoms with Gasteiger partial charge in [-0.2, -0.15) is 0 Å². The highest BCUT2D eigenvalue weighted by molar-refractivity contribution is 5.43. The van der Waals surface area contributed by atoms with Gasteiger partial charge in [-0.1, -0.05) is 49.3 Å². The quantitative estimate of drug-likeness (QED) is 0.638. The summed E-state index contributed by atoms with van der Waals surface area (Å²) < 4.78 is 0. The van der Waals surface area contributed by atoms with E-state index < -0.39 is 0 Å². The van der Waals surface area contributed by atoms with Crippen molar-refractivity contribution in [2.24, 2.45) is 0 Å². The van der Waals surface area contributed by atoms with Crippen LogP contribution in [-0.4, -0.2) is 0 Å². The third-order valence-corrected chi connectivity index (χ3v) is 2.54. The van der Waals surface area contributed by atoms with Crippen LogP contribution in [0, 0.1) is 6.42 Å². The molecule has 1 radical (unpaired) electrons. The van der Waals surface area contributed by atoms with Crippen molar-refractivity contribution >= 4 is 0 Å². The Morgan fingerprint density at radius 3 is 2.92 bits per heavy atom. The van der Waals surface area contributed by atoms with Crippen LogP contribution in [0.1, 0.15) is 30.9 Å².